The van der Waals surface area contributed by atoms with Gasteiger partial charge in [-0.05, 0) is 37.8 Å². The van der Waals surface area contributed by atoms with Crippen LogP contribution in [0, 0.1) is 0 Å². The average Bonchev–Trinajstić information content (AvgIpc) is 3.37. The minimum absolute atomic E-state index is 0.0693. The topological polar surface area (TPSA) is 76.5 Å². The summed E-state index contributed by atoms with van der Waals surface area (Å²) in [6, 6.07) is 2.39. The highest BCUT2D eigenvalue weighted by atomic mass is 19.4. The summed E-state index contributed by atoms with van der Waals surface area (Å²) in [7, 11) is 0. The van der Waals surface area contributed by atoms with Crippen molar-refractivity contribution in [2.24, 2.45) is 0 Å². The van der Waals surface area contributed by atoms with E-state index < -0.39 is 11.7 Å². The normalized spacial score (nSPS) is 20.1. The molecule has 31 heavy (non-hydrogen) atoms. The zero-order chi connectivity index (χ0) is 21.2. The first-order valence-electron chi connectivity index (χ1n) is 10.4. The number of piperidine rings is 1. The van der Waals surface area contributed by atoms with E-state index in [1.165, 1.54) is 10.5 Å². The molecule has 2 fully saturated rings. The van der Waals surface area contributed by atoms with E-state index in [1.807, 2.05) is 10.6 Å². The molecule has 6 rings (SSSR count). The molecule has 4 aromatic rings. The second-order valence-corrected chi connectivity index (χ2v) is 8.26. The molecular weight excluding hydrogens is 409 g/mol. The Labute approximate surface area is 174 Å². The molecule has 1 atom stereocenters. The van der Waals surface area contributed by atoms with Crippen molar-refractivity contribution in [1.82, 2.24) is 34.2 Å². The average molecular weight is 428 g/mol. The smallest absolute Gasteiger partial charge is 0.353 e. The van der Waals surface area contributed by atoms with E-state index in [1.54, 1.807) is 6.20 Å². The van der Waals surface area contributed by atoms with Crippen molar-refractivity contribution in [2.75, 3.05) is 18.0 Å². The van der Waals surface area contributed by atoms with Gasteiger partial charge in [-0.15, -0.1) is 20.4 Å². The second-order valence-electron chi connectivity index (χ2n) is 8.26. The molecule has 0 aromatic carbocycles. The Morgan fingerprint density at radius 1 is 0.903 bits per heavy atom. The quantitative estimate of drug-likeness (QED) is 0.498. The number of aromatic nitrogens is 7. The number of hydrogen-bond acceptors (Lipinski definition) is 6. The second kappa shape index (κ2) is 6.63. The number of pyridine rings is 1. The van der Waals surface area contributed by atoms with Crippen LogP contribution in [0.5, 0.6) is 0 Å². The lowest BCUT2D eigenvalue weighted by molar-refractivity contribution is -0.137. The van der Waals surface area contributed by atoms with Crippen LogP contribution in [-0.2, 0) is 6.18 Å². The van der Waals surface area contributed by atoms with Crippen LogP contribution >= 0.6 is 0 Å². The van der Waals surface area contributed by atoms with E-state index in [-0.39, 0.29) is 5.92 Å². The van der Waals surface area contributed by atoms with Gasteiger partial charge in [0.1, 0.15) is 11.6 Å². The van der Waals surface area contributed by atoms with Crippen LogP contribution in [0.25, 0.3) is 11.3 Å². The Kier molecular flexibility index (Phi) is 3.96. The molecule has 5 heterocycles. The lowest BCUT2D eigenvalue weighted by atomic mass is 9.97. The van der Waals surface area contributed by atoms with Gasteiger partial charge < -0.3 is 4.90 Å². The molecule has 160 valence electrons. The van der Waals surface area contributed by atoms with E-state index in [0.717, 1.165) is 61.8 Å². The highest BCUT2D eigenvalue weighted by Gasteiger charge is 2.33. The Balaban J connectivity index is 1.35. The monoisotopic (exact) mass is 428 g/mol. The maximum Gasteiger partial charge on any atom is 0.417 e. The number of hydrogen-bond donors (Lipinski definition) is 0. The number of anilines is 1. The molecule has 0 radical (unpaired) electrons. The van der Waals surface area contributed by atoms with Crippen LogP contribution in [0.2, 0.25) is 0 Å². The highest BCUT2D eigenvalue weighted by Crippen LogP contribution is 2.40. The number of nitrogens with zero attached hydrogens (tertiary/aromatic N) is 8. The molecule has 1 aliphatic carbocycles. The summed E-state index contributed by atoms with van der Waals surface area (Å²) in [5, 5.41) is 17.1. The van der Waals surface area contributed by atoms with Gasteiger partial charge in [-0.3, -0.25) is 8.80 Å². The van der Waals surface area contributed by atoms with Gasteiger partial charge in [0.2, 0.25) is 5.65 Å². The molecule has 8 nitrogen and oxygen atoms in total. The number of rotatable bonds is 3. The van der Waals surface area contributed by atoms with Gasteiger partial charge in [-0.1, -0.05) is 0 Å². The van der Waals surface area contributed by atoms with Crippen LogP contribution in [0.3, 0.4) is 0 Å². The molecular formula is C20H19F3N8. The van der Waals surface area contributed by atoms with Crippen molar-refractivity contribution in [3.8, 4) is 0 Å². The van der Waals surface area contributed by atoms with Gasteiger partial charge in [0, 0.05) is 43.5 Å². The van der Waals surface area contributed by atoms with Gasteiger partial charge in [-0.2, -0.15) is 13.2 Å². The van der Waals surface area contributed by atoms with Gasteiger partial charge in [-0.25, -0.2) is 4.98 Å². The fourth-order valence-corrected chi connectivity index (χ4v) is 4.41. The molecule has 1 aliphatic heterocycles. The maximum absolute atomic E-state index is 13.2. The van der Waals surface area contributed by atoms with Gasteiger partial charge in [0.05, 0.1) is 5.56 Å². The van der Waals surface area contributed by atoms with Crippen molar-refractivity contribution in [3.63, 3.8) is 0 Å². The van der Waals surface area contributed by atoms with Crippen LogP contribution in [-0.4, -0.2) is 47.3 Å². The van der Waals surface area contributed by atoms with Gasteiger partial charge in [0.15, 0.2) is 11.5 Å². The van der Waals surface area contributed by atoms with Crippen molar-refractivity contribution in [3.05, 3.63) is 47.9 Å². The predicted octanol–water partition coefficient (Wildman–Crippen LogP) is 3.45. The van der Waals surface area contributed by atoms with E-state index in [9.17, 15) is 13.2 Å². The molecule has 0 amide bonds. The van der Waals surface area contributed by atoms with Gasteiger partial charge in [0.25, 0.3) is 0 Å². The van der Waals surface area contributed by atoms with Crippen molar-refractivity contribution < 1.29 is 13.2 Å². The SMILES string of the molecule is FC(F)(F)c1ccc2nnc(C3CCCN(c4nccn5c(C6CC6)nnc45)C3)n2c1. The van der Waals surface area contributed by atoms with Crippen molar-refractivity contribution in [2.45, 2.75) is 43.7 Å². The number of fused-ring (bicyclic) bond motifs is 2. The van der Waals surface area contributed by atoms with Crippen LogP contribution in [0.4, 0.5) is 19.0 Å². The summed E-state index contributed by atoms with van der Waals surface area (Å²) >= 11 is 0. The fraction of sp³-hybridized carbons (Fsp3) is 0.450. The van der Waals surface area contributed by atoms with Gasteiger partial charge >= 0.3 is 6.18 Å². The summed E-state index contributed by atoms with van der Waals surface area (Å²) in [6.07, 6.45) is 4.25. The van der Waals surface area contributed by atoms with E-state index in [2.05, 4.69) is 30.3 Å². The zero-order valence-electron chi connectivity index (χ0n) is 16.5. The standard InChI is InChI=1S/C20H19F3N8/c21-20(22,23)14-5-6-15-25-26-17(31(15)11-14)13-2-1-8-29(10-13)18-19-28-27-16(12-3-4-12)30(19)9-7-24-18/h5-7,9,11-13H,1-4,8,10H2. The highest BCUT2D eigenvalue weighted by molar-refractivity contribution is 5.64. The Morgan fingerprint density at radius 3 is 2.52 bits per heavy atom. The van der Waals surface area contributed by atoms with Crippen LogP contribution < -0.4 is 4.90 Å². The minimum atomic E-state index is -4.42. The van der Waals surface area contributed by atoms with Crippen molar-refractivity contribution >= 4 is 17.1 Å². The Morgan fingerprint density at radius 2 is 1.71 bits per heavy atom. The first-order chi connectivity index (χ1) is 15.0. The zero-order valence-corrected chi connectivity index (χ0v) is 16.5. The third kappa shape index (κ3) is 3.10. The van der Waals surface area contributed by atoms with Crippen LogP contribution in [0.1, 0.15) is 54.7 Å². The summed E-state index contributed by atoms with van der Waals surface area (Å²) in [6.45, 7) is 1.37. The third-order valence-corrected chi connectivity index (χ3v) is 6.12. The molecule has 2 aliphatic rings. The number of alkyl halides is 3. The van der Waals surface area contributed by atoms with E-state index in [4.69, 9.17) is 0 Å². The van der Waals surface area contributed by atoms with E-state index >= 15 is 0 Å². The molecule has 0 N–H and O–H groups in total. The molecule has 11 heteroatoms. The van der Waals surface area contributed by atoms with Crippen molar-refractivity contribution in [1.29, 1.82) is 0 Å². The van der Waals surface area contributed by atoms with E-state index in [0.29, 0.717) is 23.9 Å². The lowest BCUT2D eigenvalue weighted by Gasteiger charge is -2.32. The molecule has 4 aromatic heterocycles. The molecule has 1 saturated carbocycles. The molecule has 1 saturated heterocycles. The summed E-state index contributed by atoms with van der Waals surface area (Å²) in [4.78, 5) is 6.69. The molecule has 0 spiro atoms. The first-order valence-corrected chi connectivity index (χ1v) is 10.4. The lowest BCUT2D eigenvalue weighted by Crippen LogP contribution is -2.36. The largest absolute Gasteiger partial charge is 0.417 e. The molecule has 0 bridgehead atoms. The number of halogens is 3. The van der Waals surface area contributed by atoms with Crippen LogP contribution in [0.15, 0.2) is 30.7 Å². The third-order valence-electron chi connectivity index (χ3n) is 6.12. The first kappa shape index (κ1) is 18.5. The minimum Gasteiger partial charge on any atom is -0.353 e. The Hall–Kier alpha value is -3.24. The summed E-state index contributed by atoms with van der Waals surface area (Å²) in [5.41, 5.74) is 0.415. The summed E-state index contributed by atoms with van der Waals surface area (Å²) in [5.74, 6) is 2.65. The maximum atomic E-state index is 13.2. The Bertz CT molecular complexity index is 1270. The summed E-state index contributed by atoms with van der Waals surface area (Å²) < 4.78 is 43.1. The molecule has 1 unspecified atom stereocenters. The predicted molar refractivity (Wildman–Crippen MR) is 105 cm³/mol. The fourth-order valence-electron chi connectivity index (χ4n) is 4.41.